The zero-order chi connectivity index (χ0) is 22.7. The molecule has 1 N–H and O–H groups in total. The molecule has 0 fully saturated rings. The van der Waals surface area contributed by atoms with Gasteiger partial charge in [0.05, 0.1) is 5.52 Å². The Morgan fingerprint density at radius 2 is 1.58 bits per heavy atom. The molecule has 4 rings (SSSR count). The maximum Gasteiger partial charge on any atom is 0.162 e. The highest BCUT2D eigenvalue weighted by Gasteiger charge is 2.25. The van der Waals surface area contributed by atoms with Crippen molar-refractivity contribution in [2.45, 2.75) is 25.0 Å². The molecule has 0 atom stereocenters. The molecule has 4 aromatic rings. The van der Waals surface area contributed by atoms with E-state index in [-0.39, 0.29) is 23.9 Å². The number of nitrogens with zero attached hydrogens (tertiary/aromatic N) is 2. The number of phenols is 1. The molecule has 0 aliphatic heterocycles. The fourth-order valence-electron chi connectivity index (χ4n) is 4.20. The second kappa shape index (κ2) is 10.9. The Kier molecular flexibility index (Phi) is 8.25. The number of halogens is 1. The second-order valence-electron chi connectivity index (χ2n) is 8.22. The van der Waals surface area contributed by atoms with Gasteiger partial charge in [-0.05, 0) is 50.8 Å². The molecule has 4 nitrogen and oxygen atoms in total. The Bertz CT molecular complexity index is 1240. The number of carbonyl (C=O) groups is 1. The lowest BCUT2D eigenvalue weighted by Crippen LogP contribution is -2.11. The number of rotatable bonds is 8. The van der Waals surface area contributed by atoms with Crippen molar-refractivity contribution in [3.8, 4) is 11.4 Å². The third-order valence-corrected chi connectivity index (χ3v) is 6.52. The Balaban J connectivity index is 0.00000306. The lowest BCUT2D eigenvalue weighted by atomic mass is 10.0. The predicted molar refractivity (Wildman–Crippen MR) is 141 cm³/mol. The first-order valence-corrected chi connectivity index (χ1v) is 11.8. The van der Waals surface area contributed by atoms with Crippen LogP contribution in [0.4, 0.5) is 0 Å². The van der Waals surface area contributed by atoms with Gasteiger partial charge in [-0.2, -0.15) is 11.8 Å². The van der Waals surface area contributed by atoms with Crippen molar-refractivity contribution in [1.29, 1.82) is 0 Å². The standard InChI is InChI=1S/C27H28N2O2S.ClH/c1-19(30)26-24(18-32-17-20-10-6-4-7-11-20)29(21-12-8-5-9-13-21)23-14-15-25(31)22(27(23)26)16-28(2)3;/h4-15,31H,16-18H2,1-3H3;1H. The van der Waals surface area contributed by atoms with Crippen LogP contribution >= 0.6 is 24.2 Å². The second-order valence-corrected chi connectivity index (χ2v) is 9.21. The minimum atomic E-state index is 0. The normalized spacial score (nSPS) is 11.0. The highest BCUT2D eigenvalue weighted by molar-refractivity contribution is 7.97. The van der Waals surface area contributed by atoms with Gasteiger partial charge in [0, 0.05) is 45.9 Å². The topological polar surface area (TPSA) is 45.5 Å². The van der Waals surface area contributed by atoms with Gasteiger partial charge in [-0.25, -0.2) is 0 Å². The van der Waals surface area contributed by atoms with Crippen LogP contribution in [0.15, 0.2) is 72.8 Å². The molecule has 0 saturated heterocycles. The van der Waals surface area contributed by atoms with Crippen LogP contribution in [-0.2, 0) is 18.1 Å². The quantitative estimate of drug-likeness (QED) is 0.294. The zero-order valence-electron chi connectivity index (χ0n) is 19.1. The number of fused-ring (bicyclic) bond motifs is 1. The highest BCUT2D eigenvalue weighted by Crippen LogP contribution is 2.38. The van der Waals surface area contributed by atoms with Crippen LogP contribution in [-0.4, -0.2) is 34.5 Å². The molecule has 0 radical (unpaired) electrons. The van der Waals surface area contributed by atoms with E-state index >= 15 is 0 Å². The van der Waals surface area contributed by atoms with E-state index in [0.29, 0.717) is 17.9 Å². The summed E-state index contributed by atoms with van der Waals surface area (Å²) in [6, 6.07) is 24.2. The minimum Gasteiger partial charge on any atom is -0.508 e. The summed E-state index contributed by atoms with van der Waals surface area (Å²) in [5.41, 5.74) is 5.70. The van der Waals surface area contributed by atoms with E-state index in [1.807, 2.05) is 61.5 Å². The first kappa shape index (κ1) is 24.9. The van der Waals surface area contributed by atoms with Crippen molar-refractivity contribution in [2.24, 2.45) is 0 Å². The van der Waals surface area contributed by atoms with Crippen LogP contribution < -0.4 is 0 Å². The first-order valence-electron chi connectivity index (χ1n) is 10.7. The molecule has 1 aromatic heterocycles. The van der Waals surface area contributed by atoms with Crippen molar-refractivity contribution in [1.82, 2.24) is 9.47 Å². The summed E-state index contributed by atoms with van der Waals surface area (Å²) in [5.74, 6) is 1.80. The van der Waals surface area contributed by atoms with Crippen LogP contribution in [0.2, 0.25) is 0 Å². The largest absolute Gasteiger partial charge is 0.508 e. The average molecular weight is 481 g/mol. The summed E-state index contributed by atoms with van der Waals surface area (Å²) >= 11 is 1.79. The SMILES string of the molecule is CC(=O)c1c(CSCc2ccccc2)n(-c2ccccc2)c2ccc(O)c(CN(C)C)c12.Cl. The van der Waals surface area contributed by atoms with Crippen molar-refractivity contribution in [3.63, 3.8) is 0 Å². The van der Waals surface area contributed by atoms with Gasteiger partial charge in [-0.15, -0.1) is 12.4 Å². The maximum absolute atomic E-state index is 13.0. The van der Waals surface area contributed by atoms with Crippen molar-refractivity contribution in [3.05, 3.63) is 95.2 Å². The number of Topliss-reactive ketones (excluding diaryl/α,β-unsaturated/α-hetero) is 1. The number of ketones is 1. The van der Waals surface area contributed by atoms with Gasteiger partial charge in [-0.3, -0.25) is 4.79 Å². The molecule has 172 valence electrons. The van der Waals surface area contributed by atoms with Gasteiger partial charge in [-0.1, -0.05) is 48.5 Å². The lowest BCUT2D eigenvalue weighted by Gasteiger charge is -2.14. The predicted octanol–water partition coefficient (Wildman–Crippen LogP) is 6.46. The molecule has 1 heterocycles. The summed E-state index contributed by atoms with van der Waals surface area (Å²) in [6.45, 7) is 2.18. The Labute approximate surface area is 205 Å². The maximum atomic E-state index is 13.0. The van der Waals surface area contributed by atoms with Gasteiger partial charge >= 0.3 is 0 Å². The number of para-hydroxylation sites is 1. The van der Waals surface area contributed by atoms with Crippen molar-refractivity contribution in [2.75, 3.05) is 14.1 Å². The fraction of sp³-hybridized carbons (Fsp3) is 0.222. The van der Waals surface area contributed by atoms with Crippen molar-refractivity contribution < 1.29 is 9.90 Å². The highest BCUT2D eigenvalue weighted by atomic mass is 35.5. The molecule has 0 unspecified atom stereocenters. The number of benzene rings is 3. The summed E-state index contributed by atoms with van der Waals surface area (Å²) in [6.07, 6.45) is 0. The summed E-state index contributed by atoms with van der Waals surface area (Å²) < 4.78 is 2.18. The van der Waals surface area contributed by atoms with E-state index in [4.69, 9.17) is 0 Å². The number of hydrogen-bond donors (Lipinski definition) is 1. The van der Waals surface area contributed by atoms with Crippen LogP contribution in [0.25, 0.3) is 16.6 Å². The van der Waals surface area contributed by atoms with Crippen LogP contribution in [0.1, 0.15) is 34.1 Å². The number of aromatic hydroxyl groups is 1. The van der Waals surface area contributed by atoms with E-state index in [9.17, 15) is 9.90 Å². The van der Waals surface area contributed by atoms with Gasteiger partial charge in [0.2, 0.25) is 0 Å². The zero-order valence-corrected chi connectivity index (χ0v) is 20.7. The smallest absolute Gasteiger partial charge is 0.162 e. The summed E-state index contributed by atoms with van der Waals surface area (Å²) in [7, 11) is 3.94. The fourth-order valence-corrected chi connectivity index (χ4v) is 5.19. The van der Waals surface area contributed by atoms with E-state index in [1.54, 1.807) is 24.8 Å². The Morgan fingerprint density at radius 3 is 2.18 bits per heavy atom. The van der Waals surface area contributed by atoms with Gasteiger partial charge in [0.25, 0.3) is 0 Å². The molecule has 0 spiro atoms. The number of carbonyl (C=O) groups excluding carboxylic acids is 1. The number of thioether (sulfide) groups is 1. The van der Waals surface area contributed by atoms with E-state index in [0.717, 1.165) is 33.6 Å². The minimum absolute atomic E-state index is 0. The lowest BCUT2D eigenvalue weighted by molar-refractivity contribution is 0.101. The molecule has 6 heteroatoms. The van der Waals surface area contributed by atoms with Gasteiger partial charge in [0.1, 0.15) is 5.75 Å². The monoisotopic (exact) mass is 480 g/mol. The van der Waals surface area contributed by atoms with Crippen molar-refractivity contribution >= 4 is 40.9 Å². The Hall–Kier alpha value is -2.73. The van der Waals surface area contributed by atoms with E-state index in [1.165, 1.54) is 5.56 Å². The molecular formula is C27H29ClN2O2S. The number of phenolic OH excluding ortho intramolecular Hbond substituents is 1. The third kappa shape index (κ3) is 5.27. The Morgan fingerprint density at radius 1 is 0.939 bits per heavy atom. The summed E-state index contributed by atoms with van der Waals surface area (Å²) in [4.78, 5) is 15.0. The first-order chi connectivity index (χ1) is 15.5. The molecule has 0 amide bonds. The molecule has 0 aliphatic carbocycles. The van der Waals surface area contributed by atoms with Crippen LogP contribution in [0, 0.1) is 0 Å². The molecule has 0 bridgehead atoms. The van der Waals surface area contributed by atoms with Gasteiger partial charge in [0.15, 0.2) is 5.78 Å². The molecular weight excluding hydrogens is 452 g/mol. The molecule has 0 saturated carbocycles. The van der Waals surface area contributed by atoms with E-state index in [2.05, 4.69) is 28.8 Å². The average Bonchev–Trinajstić information content (AvgIpc) is 3.11. The number of hydrogen-bond acceptors (Lipinski definition) is 4. The summed E-state index contributed by atoms with van der Waals surface area (Å²) in [5, 5.41) is 11.6. The van der Waals surface area contributed by atoms with Gasteiger partial charge < -0.3 is 14.6 Å². The van der Waals surface area contributed by atoms with Crippen LogP contribution in [0.3, 0.4) is 0 Å². The molecule has 0 aliphatic rings. The van der Waals surface area contributed by atoms with Crippen LogP contribution in [0.5, 0.6) is 5.75 Å². The molecule has 3 aromatic carbocycles. The van der Waals surface area contributed by atoms with E-state index < -0.39 is 0 Å². The number of aromatic nitrogens is 1. The molecule has 33 heavy (non-hydrogen) atoms. The third-order valence-electron chi connectivity index (χ3n) is 5.51.